The second-order valence-corrected chi connectivity index (χ2v) is 19.3. The number of aldehydes is 2. The first kappa shape index (κ1) is 47.8. The van der Waals surface area contributed by atoms with Gasteiger partial charge in [0.2, 0.25) is 5.91 Å². The van der Waals surface area contributed by atoms with Crippen LogP contribution in [0, 0.1) is 0 Å². The van der Waals surface area contributed by atoms with Gasteiger partial charge in [0.25, 0.3) is 5.91 Å². The summed E-state index contributed by atoms with van der Waals surface area (Å²) in [4.78, 5) is 56.9. The Kier molecular flexibility index (Phi) is 18.5. The van der Waals surface area contributed by atoms with Gasteiger partial charge in [-0.25, -0.2) is 0 Å². The van der Waals surface area contributed by atoms with Gasteiger partial charge in [-0.1, -0.05) is 52.0 Å². The number of aliphatic imine (C=N–C) groups is 1. The van der Waals surface area contributed by atoms with E-state index in [2.05, 4.69) is 84.7 Å². The number of rotatable bonds is 19. The number of ether oxygens (including phenoxy) is 2. The summed E-state index contributed by atoms with van der Waals surface area (Å²) in [7, 11) is 10.8. The van der Waals surface area contributed by atoms with E-state index in [1.165, 1.54) is 29.6 Å². The molecule has 0 spiro atoms. The summed E-state index contributed by atoms with van der Waals surface area (Å²) in [6.07, 6.45) is 15.1. The van der Waals surface area contributed by atoms with Gasteiger partial charge >= 0.3 is 0 Å². The van der Waals surface area contributed by atoms with Gasteiger partial charge in [0.05, 0.1) is 30.3 Å². The van der Waals surface area contributed by atoms with Gasteiger partial charge in [-0.3, -0.25) is 24.3 Å². The minimum Gasteiger partial charge on any atom is -0.493 e. The number of amides is 2. The molecule has 2 aromatic carbocycles. The van der Waals surface area contributed by atoms with Gasteiger partial charge in [0.1, 0.15) is 6.29 Å². The van der Waals surface area contributed by atoms with Crippen molar-refractivity contribution in [2.75, 3.05) is 59.5 Å². The number of hydrogen-bond donors (Lipinski definition) is 3. The van der Waals surface area contributed by atoms with Gasteiger partial charge in [-0.05, 0) is 88.2 Å². The Morgan fingerprint density at radius 2 is 1.88 bits per heavy atom. The molecule has 2 amide bonds. The number of benzene rings is 2. The van der Waals surface area contributed by atoms with E-state index in [1.807, 2.05) is 31.5 Å². The van der Waals surface area contributed by atoms with Crippen LogP contribution in [0.1, 0.15) is 66.5 Å². The number of anilines is 1. The molecule has 2 aliphatic rings. The van der Waals surface area contributed by atoms with Gasteiger partial charge in [-0.15, -0.1) is 11.3 Å². The predicted molar refractivity (Wildman–Crippen MR) is 252 cm³/mol. The topological polar surface area (TPSA) is 142 Å². The lowest BCUT2D eigenvalue weighted by Gasteiger charge is -2.31. The first-order valence-electron chi connectivity index (χ1n) is 19.7. The maximum atomic E-state index is 12.3. The van der Waals surface area contributed by atoms with Crippen LogP contribution in [-0.2, 0) is 9.59 Å². The van der Waals surface area contributed by atoms with Crippen LogP contribution in [-0.4, -0.2) is 111 Å². The molecule has 3 heterocycles. The third-order valence-electron chi connectivity index (χ3n) is 9.88. The maximum Gasteiger partial charge on any atom is 0.261 e. The molecule has 3 aromatic rings. The average molecular weight is 875 g/mol. The Morgan fingerprint density at radius 3 is 2.55 bits per heavy atom. The van der Waals surface area contributed by atoms with E-state index in [0.29, 0.717) is 42.1 Å². The van der Waals surface area contributed by atoms with Crippen molar-refractivity contribution in [3.05, 3.63) is 94.7 Å². The molecule has 2 unspecified atom stereocenters. The molecule has 0 radical (unpaired) electrons. The normalized spacial score (nSPS) is 17.0. The Labute approximate surface area is 366 Å². The van der Waals surface area contributed by atoms with Gasteiger partial charge in [0, 0.05) is 90.9 Å². The van der Waals surface area contributed by atoms with E-state index in [9.17, 15) is 19.2 Å². The Hall–Kier alpha value is -4.83. The van der Waals surface area contributed by atoms with E-state index in [4.69, 9.17) is 9.47 Å². The van der Waals surface area contributed by atoms with Crippen LogP contribution in [0.3, 0.4) is 0 Å². The number of carbonyl (C=O) groups excluding carboxylic acids is 4. The van der Waals surface area contributed by atoms with Crippen molar-refractivity contribution in [3.63, 3.8) is 0 Å². The lowest BCUT2D eigenvalue weighted by molar-refractivity contribution is -0.120. The fraction of sp³-hybridized carbons (Fsp3) is 0.400. The van der Waals surface area contributed by atoms with E-state index >= 15 is 0 Å². The number of likely N-dealkylation sites (N-methyl/N-ethyl adjacent to an activating group) is 2. The lowest BCUT2D eigenvalue weighted by atomic mass is 9.95. The largest absolute Gasteiger partial charge is 0.493 e. The van der Waals surface area contributed by atoms with E-state index in [0.717, 1.165) is 51.9 Å². The minimum absolute atomic E-state index is 0.0111. The average Bonchev–Trinajstić information content (AvgIpc) is 3.82. The molecule has 0 saturated carbocycles. The second kappa shape index (κ2) is 23.2. The fourth-order valence-corrected chi connectivity index (χ4v) is 9.58. The molecule has 2 aliphatic heterocycles. The smallest absolute Gasteiger partial charge is 0.261 e. The summed E-state index contributed by atoms with van der Waals surface area (Å²) >= 11 is 1.54. The second-order valence-electron chi connectivity index (χ2n) is 15.1. The van der Waals surface area contributed by atoms with Crippen molar-refractivity contribution in [2.24, 2.45) is 4.99 Å². The SMILES string of the molecule is C=C/C=C\C1=C(C)CN(C)C(C=Nc2cc(OCCCC(=O)NC3=CN(C)C(C=O)C3)c(OC)cc2C=O)C1.CNc1ccc2sc(C(=O)NCC(C)(C)SSC)cc2c1. The molecular weight excluding hydrogens is 817 g/mol. The van der Waals surface area contributed by atoms with Crippen LogP contribution in [0.25, 0.3) is 10.1 Å². The minimum atomic E-state index is -0.238. The first-order valence-corrected chi connectivity index (χ1v) is 23.0. The van der Waals surface area contributed by atoms with Crippen LogP contribution < -0.4 is 25.4 Å². The molecule has 15 heteroatoms. The quantitative estimate of drug-likeness (QED) is 0.0351. The molecule has 0 aliphatic carbocycles. The van der Waals surface area contributed by atoms with Crippen molar-refractivity contribution in [2.45, 2.75) is 63.3 Å². The molecule has 322 valence electrons. The zero-order chi connectivity index (χ0) is 43.8. The highest BCUT2D eigenvalue weighted by Gasteiger charge is 2.24. The molecular formula is C45H58N6O6S3. The van der Waals surface area contributed by atoms with Crippen molar-refractivity contribution in [1.29, 1.82) is 0 Å². The van der Waals surface area contributed by atoms with Crippen LogP contribution in [0.15, 0.2) is 89.2 Å². The van der Waals surface area contributed by atoms with E-state index < -0.39 is 0 Å². The third kappa shape index (κ3) is 13.9. The highest BCUT2D eigenvalue weighted by Crippen LogP contribution is 2.36. The number of nitrogens with zero attached hydrogens (tertiary/aromatic N) is 3. The number of nitrogens with one attached hydrogen (secondary N) is 3. The van der Waals surface area contributed by atoms with Gasteiger partial charge in [-0.2, -0.15) is 0 Å². The molecule has 0 bridgehead atoms. The molecule has 60 heavy (non-hydrogen) atoms. The summed E-state index contributed by atoms with van der Waals surface area (Å²) in [5.41, 5.74) is 5.23. The number of thiophene rings is 1. The van der Waals surface area contributed by atoms with Crippen molar-refractivity contribution in [3.8, 4) is 11.5 Å². The highest BCUT2D eigenvalue weighted by molar-refractivity contribution is 8.77. The summed E-state index contributed by atoms with van der Waals surface area (Å²) < 4.78 is 12.5. The summed E-state index contributed by atoms with van der Waals surface area (Å²) in [5.74, 6) is 0.746. The molecule has 0 saturated heterocycles. The Morgan fingerprint density at radius 1 is 1.10 bits per heavy atom. The van der Waals surface area contributed by atoms with E-state index in [1.54, 1.807) is 57.9 Å². The van der Waals surface area contributed by atoms with Gasteiger partial charge < -0.3 is 35.1 Å². The zero-order valence-corrected chi connectivity index (χ0v) is 38.3. The summed E-state index contributed by atoms with van der Waals surface area (Å²) in [6.45, 7) is 11.9. The van der Waals surface area contributed by atoms with E-state index in [-0.39, 0.29) is 41.7 Å². The summed E-state index contributed by atoms with van der Waals surface area (Å²) in [5, 5.41) is 10.1. The van der Waals surface area contributed by atoms with Crippen molar-refractivity contribution < 1.29 is 28.7 Å². The number of hydrogen-bond acceptors (Lipinski definition) is 13. The standard InChI is InChI=1S/C30H38N4O5.C15H20N2OS3/c1-6-7-9-22-12-25(33(3)17-21(22)2)16-31-27-15-29(28(38-5)13-23(27)19-35)39-11-8-10-30(37)32-24-14-26(20-36)34(4)18-24;1-15(2,21-19-4)9-17-14(18)13-8-10-7-11(16-3)5-6-12(10)20-13/h6-7,9,13,15-16,18-20,25-26H,1,8,10-12,14,17H2,2-5H3,(H,32,37);5-8,16H,9H2,1-4H3,(H,17,18)/b9-7-,31-16?;. The number of methoxy groups -OCH3 is 1. The lowest BCUT2D eigenvalue weighted by Crippen LogP contribution is -2.38. The number of allylic oxidation sites excluding steroid dienone is 3. The molecule has 12 nitrogen and oxygen atoms in total. The highest BCUT2D eigenvalue weighted by atomic mass is 33.1. The number of fused-ring (bicyclic) bond motifs is 1. The van der Waals surface area contributed by atoms with Crippen LogP contribution >= 0.6 is 32.9 Å². The maximum absolute atomic E-state index is 12.3. The van der Waals surface area contributed by atoms with Crippen LogP contribution in [0.5, 0.6) is 11.5 Å². The summed E-state index contributed by atoms with van der Waals surface area (Å²) in [6, 6.07) is 11.2. The fourth-order valence-electron chi connectivity index (χ4n) is 6.51. The molecule has 0 fully saturated rings. The van der Waals surface area contributed by atoms with Crippen molar-refractivity contribution in [1.82, 2.24) is 20.4 Å². The molecule has 5 rings (SSSR count). The van der Waals surface area contributed by atoms with Gasteiger partial charge in [0.15, 0.2) is 17.8 Å². The zero-order valence-electron chi connectivity index (χ0n) is 35.8. The molecule has 2 atom stereocenters. The monoisotopic (exact) mass is 874 g/mol. The predicted octanol–water partition coefficient (Wildman–Crippen LogP) is 8.46. The molecule has 1 aromatic heterocycles. The van der Waals surface area contributed by atoms with Crippen molar-refractivity contribution >= 4 is 85.0 Å². The Balaban J connectivity index is 0.000000317. The van der Waals surface area contributed by atoms with Crippen LogP contribution in [0.4, 0.5) is 11.4 Å². The van der Waals surface area contributed by atoms with Crippen LogP contribution in [0.2, 0.25) is 0 Å². The Bertz CT molecular complexity index is 2130. The first-order chi connectivity index (χ1) is 28.7. The number of carbonyl (C=O) groups is 4. The molecule has 3 N–H and O–H groups in total. The third-order valence-corrected chi connectivity index (χ3v) is 13.6.